The Bertz CT molecular complexity index is 737. The first-order chi connectivity index (χ1) is 13.7. The summed E-state index contributed by atoms with van der Waals surface area (Å²) < 4.78 is 16.5. The fourth-order valence-electron chi connectivity index (χ4n) is 3.87. The maximum atomic E-state index is 12.7. The quantitative estimate of drug-likeness (QED) is 0.746. The minimum atomic E-state index is -0.217. The van der Waals surface area contributed by atoms with Gasteiger partial charge in [0.05, 0.1) is 25.9 Å². The van der Waals surface area contributed by atoms with E-state index in [1.54, 1.807) is 13.3 Å². The van der Waals surface area contributed by atoms with E-state index < -0.39 is 0 Å². The lowest BCUT2D eigenvalue weighted by Gasteiger charge is -2.19. The molecule has 4 unspecified atom stereocenters. The number of aromatic nitrogens is 1. The van der Waals surface area contributed by atoms with Gasteiger partial charge < -0.3 is 19.5 Å². The van der Waals surface area contributed by atoms with Crippen LogP contribution in [0.2, 0.25) is 0 Å². The van der Waals surface area contributed by atoms with Gasteiger partial charge in [0.2, 0.25) is 11.8 Å². The number of carbonyl (C=O) groups excluding carboxylic acids is 1. The van der Waals surface area contributed by atoms with Crippen LogP contribution in [0.25, 0.3) is 0 Å². The Morgan fingerprint density at radius 2 is 2.32 bits per heavy atom. The normalized spacial score (nSPS) is 27.2. The van der Waals surface area contributed by atoms with E-state index >= 15 is 0 Å². The fraction of sp³-hybridized carbons (Fsp3) is 0.545. The highest BCUT2D eigenvalue weighted by molar-refractivity contribution is 5.83. The fourth-order valence-corrected chi connectivity index (χ4v) is 3.87. The van der Waals surface area contributed by atoms with Gasteiger partial charge in [0.25, 0.3) is 0 Å². The van der Waals surface area contributed by atoms with E-state index in [9.17, 15) is 4.79 Å². The summed E-state index contributed by atoms with van der Waals surface area (Å²) in [4.78, 5) is 17.1. The third-order valence-corrected chi connectivity index (χ3v) is 5.57. The number of ether oxygens (including phenoxy) is 3. The molecule has 1 saturated carbocycles. The second kappa shape index (κ2) is 8.88. The van der Waals surface area contributed by atoms with Crippen molar-refractivity contribution in [1.82, 2.24) is 10.3 Å². The van der Waals surface area contributed by atoms with Crippen molar-refractivity contribution in [3.8, 4) is 5.88 Å². The number of nitrogens with one attached hydrogen (secondary N) is 1. The number of hydrogen-bond donors (Lipinski definition) is 1. The predicted octanol–water partition coefficient (Wildman–Crippen LogP) is 2.97. The highest BCUT2D eigenvalue weighted by atomic mass is 16.5. The molecule has 1 saturated heterocycles. The van der Waals surface area contributed by atoms with Crippen molar-refractivity contribution in [3.05, 3.63) is 47.7 Å². The lowest BCUT2D eigenvalue weighted by Crippen LogP contribution is -2.33. The zero-order valence-electron chi connectivity index (χ0n) is 16.3. The predicted molar refractivity (Wildman–Crippen MR) is 105 cm³/mol. The summed E-state index contributed by atoms with van der Waals surface area (Å²) in [7, 11) is 1.64. The monoisotopic (exact) mass is 384 g/mol. The third-order valence-electron chi connectivity index (χ3n) is 5.57. The Morgan fingerprint density at radius 1 is 1.39 bits per heavy atom. The Morgan fingerprint density at radius 3 is 3.00 bits per heavy atom. The minimum absolute atomic E-state index is 0.0614. The first kappa shape index (κ1) is 19.2. The molecule has 6 heteroatoms. The summed E-state index contributed by atoms with van der Waals surface area (Å²) in [6.07, 6.45) is 12.5. The largest absolute Gasteiger partial charge is 0.472 e. The molecule has 2 aliphatic carbocycles. The number of methoxy groups -OCH3 is 1. The van der Waals surface area contributed by atoms with Gasteiger partial charge in [-0.25, -0.2) is 4.98 Å². The molecule has 4 rings (SSSR count). The van der Waals surface area contributed by atoms with Crippen molar-refractivity contribution in [2.75, 3.05) is 26.9 Å². The molecule has 0 bridgehead atoms. The number of allylic oxidation sites excluding steroid dienone is 4. The molecule has 28 heavy (non-hydrogen) atoms. The molecule has 0 aromatic carbocycles. The van der Waals surface area contributed by atoms with Crippen molar-refractivity contribution >= 4 is 5.91 Å². The van der Waals surface area contributed by atoms with Gasteiger partial charge in [-0.15, -0.1) is 0 Å². The Labute approximate surface area is 166 Å². The molecular formula is C22H28N2O4. The first-order valence-electron chi connectivity index (χ1n) is 10.1. The summed E-state index contributed by atoms with van der Waals surface area (Å²) in [5.41, 5.74) is 2.23. The van der Waals surface area contributed by atoms with E-state index in [1.807, 2.05) is 12.1 Å². The summed E-state index contributed by atoms with van der Waals surface area (Å²) >= 11 is 0. The Balaban J connectivity index is 1.35. The summed E-state index contributed by atoms with van der Waals surface area (Å²) in [6.45, 7) is 1.75. The number of pyridine rings is 1. The van der Waals surface area contributed by atoms with Crippen molar-refractivity contribution in [3.63, 3.8) is 0 Å². The van der Waals surface area contributed by atoms with E-state index in [-0.39, 0.29) is 24.0 Å². The molecule has 1 amide bonds. The molecule has 0 radical (unpaired) electrons. The topological polar surface area (TPSA) is 69.7 Å². The molecule has 1 aromatic heterocycles. The molecular weight excluding hydrogens is 356 g/mol. The highest BCUT2D eigenvalue weighted by Crippen LogP contribution is 2.46. The zero-order valence-corrected chi connectivity index (χ0v) is 16.3. The third kappa shape index (κ3) is 4.62. The SMILES string of the molecule is COCC(NC(=O)C1CC1C1=CCCC=C1)c1ccc(OC2CCOC2)nc1. The van der Waals surface area contributed by atoms with Crippen LogP contribution in [-0.2, 0) is 14.3 Å². The average Bonchev–Trinajstić information content (AvgIpc) is 3.38. The standard InChI is InChI=1S/C22H28N2O4/c1-26-14-20(16-7-8-21(23-12-16)28-17-9-10-27-13-17)24-22(25)19-11-18(19)15-5-3-2-4-6-15/h3,5-8,12,17-20H,2,4,9-11,13-14H2,1H3,(H,24,25). The number of nitrogens with zero attached hydrogens (tertiary/aromatic N) is 1. The number of carbonyl (C=O) groups is 1. The molecule has 150 valence electrons. The van der Waals surface area contributed by atoms with Gasteiger partial charge in [0.1, 0.15) is 6.10 Å². The molecule has 2 fully saturated rings. The summed E-state index contributed by atoms with van der Waals surface area (Å²) in [5, 5.41) is 3.14. The van der Waals surface area contributed by atoms with Crippen LogP contribution in [0.3, 0.4) is 0 Å². The average molecular weight is 384 g/mol. The first-order valence-corrected chi connectivity index (χ1v) is 10.1. The molecule has 2 heterocycles. The number of rotatable bonds is 8. The molecule has 0 spiro atoms. The maximum Gasteiger partial charge on any atom is 0.224 e. The van der Waals surface area contributed by atoms with Crippen LogP contribution in [0.1, 0.15) is 37.3 Å². The Hall–Kier alpha value is -2.18. The van der Waals surface area contributed by atoms with Crippen molar-refractivity contribution in [1.29, 1.82) is 0 Å². The van der Waals surface area contributed by atoms with Crippen molar-refractivity contribution < 1.29 is 19.0 Å². The van der Waals surface area contributed by atoms with Gasteiger partial charge in [-0.3, -0.25) is 4.79 Å². The van der Waals surface area contributed by atoms with Crippen LogP contribution in [0, 0.1) is 11.8 Å². The van der Waals surface area contributed by atoms with Gasteiger partial charge in [0.15, 0.2) is 0 Å². The highest BCUT2D eigenvalue weighted by Gasteiger charge is 2.45. The summed E-state index contributed by atoms with van der Waals surface area (Å²) in [6, 6.07) is 3.57. The van der Waals surface area contributed by atoms with Gasteiger partial charge in [-0.1, -0.05) is 18.2 Å². The van der Waals surface area contributed by atoms with Gasteiger partial charge >= 0.3 is 0 Å². The smallest absolute Gasteiger partial charge is 0.224 e. The number of hydrogen-bond acceptors (Lipinski definition) is 5. The van der Waals surface area contributed by atoms with E-state index in [0.29, 0.717) is 25.0 Å². The molecule has 1 aliphatic heterocycles. The number of amides is 1. The van der Waals surface area contributed by atoms with Crippen LogP contribution < -0.4 is 10.1 Å². The van der Waals surface area contributed by atoms with E-state index in [1.165, 1.54) is 5.57 Å². The molecule has 6 nitrogen and oxygen atoms in total. The van der Waals surface area contributed by atoms with Crippen molar-refractivity contribution in [2.45, 2.75) is 37.8 Å². The lowest BCUT2D eigenvalue weighted by atomic mass is 10.0. The van der Waals surface area contributed by atoms with Crippen molar-refractivity contribution in [2.24, 2.45) is 11.8 Å². The lowest BCUT2D eigenvalue weighted by molar-refractivity contribution is -0.123. The minimum Gasteiger partial charge on any atom is -0.472 e. The van der Waals surface area contributed by atoms with Crippen LogP contribution in [0.4, 0.5) is 0 Å². The van der Waals surface area contributed by atoms with Crippen LogP contribution in [-0.4, -0.2) is 43.9 Å². The van der Waals surface area contributed by atoms with Crippen LogP contribution in [0.5, 0.6) is 5.88 Å². The Kier molecular flexibility index (Phi) is 6.07. The van der Waals surface area contributed by atoms with Crippen LogP contribution in [0.15, 0.2) is 42.1 Å². The van der Waals surface area contributed by atoms with Crippen LogP contribution >= 0.6 is 0 Å². The molecule has 1 aromatic rings. The van der Waals surface area contributed by atoms with E-state index in [4.69, 9.17) is 14.2 Å². The second-order valence-corrected chi connectivity index (χ2v) is 7.68. The van der Waals surface area contributed by atoms with E-state index in [2.05, 4.69) is 28.5 Å². The molecule has 1 N–H and O–H groups in total. The maximum absolute atomic E-state index is 12.7. The van der Waals surface area contributed by atoms with Gasteiger partial charge in [-0.05, 0) is 42.4 Å². The summed E-state index contributed by atoms with van der Waals surface area (Å²) in [5.74, 6) is 1.10. The molecule has 4 atom stereocenters. The van der Waals surface area contributed by atoms with Gasteiger partial charge in [-0.2, -0.15) is 0 Å². The van der Waals surface area contributed by atoms with Gasteiger partial charge in [0, 0.05) is 31.7 Å². The van der Waals surface area contributed by atoms with E-state index in [0.717, 1.165) is 37.9 Å². The molecule has 3 aliphatic rings. The zero-order chi connectivity index (χ0) is 19.3. The second-order valence-electron chi connectivity index (χ2n) is 7.68.